The van der Waals surface area contributed by atoms with Gasteiger partial charge in [-0.25, -0.2) is 0 Å². The Bertz CT molecular complexity index is 1310. The van der Waals surface area contributed by atoms with Crippen molar-refractivity contribution in [3.63, 3.8) is 0 Å². The maximum Gasteiger partial charge on any atom is 0.0433 e. The van der Waals surface area contributed by atoms with Gasteiger partial charge in [0, 0.05) is 20.2 Å². The molecular weight excluding hydrogens is 332 g/mol. The molecule has 0 atom stereocenters. The second-order valence-corrected chi connectivity index (χ2v) is 8.04. The first kappa shape index (κ1) is 14.3. The summed E-state index contributed by atoms with van der Waals surface area (Å²) in [5, 5.41) is 2.73. The molecule has 0 nitrogen and oxygen atoms in total. The number of hydrogen-bond acceptors (Lipinski definition) is 1. The van der Waals surface area contributed by atoms with Crippen LogP contribution in [-0.4, -0.2) is 0 Å². The van der Waals surface area contributed by atoms with Gasteiger partial charge in [0.25, 0.3) is 0 Å². The van der Waals surface area contributed by atoms with E-state index < -0.39 is 0 Å². The highest BCUT2D eigenvalue weighted by Gasteiger charge is 2.19. The lowest BCUT2D eigenvalue weighted by atomic mass is 9.98. The predicted octanol–water partition coefficient (Wildman–Crippen LogP) is 7.29. The lowest BCUT2D eigenvalue weighted by Crippen LogP contribution is -1.84. The lowest BCUT2D eigenvalue weighted by Gasteiger charge is -2.07. The first-order chi connectivity index (χ1) is 12.9. The Morgan fingerprint density at radius 2 is 1.35 bits per heavy atom. The summed E-state index contributed by atoms with van der Waals surface area (Å²) in [6.45, 7) is 0. The Hall–Kier alpha value is -2.90. The predicted molar refractivity (Wildman–Crippen MR) is 113 cm³/mol. The van der Waals surface area contributed by atoms with Crippen molar-refractivity contribution in [3.8, 4) is 22.3 Å². The standard InChI is InChI=1S/C25H16S/c1-2-7-19-16(6-1)14-18-15-17(12-13-20(18)19)21-9-5-10-23-22-8-3-4-11-24(22)26-25(21)23/h1-13,15H,14H2. The van der Waals surface area contributed by atoms with Crippen LogP contribution in [0.2, 0.25) is 0 Å². The van der Waals surface area contributed by atoms with Crippen LogP contribution in [-0.2, 0) is 6.42 Å². The van der Waals surface area contributed by atoms with Crippen LogP contribution in [0.1, 0.15) is 11.1 Å². The van der Waals surface area contributed by atoms with Crippen LogP contribution in [0.25, 0.3) is 42.4 Å². The maximum atomic E-state index is 2.40. The molecule has 4 aromatic carbocycles. The zero-order valence-electron chi connectivity index (χ0n) is 14.2. The minimum atomic E-state index is 1.04. The SMILES string of the molecule is c1ccc2c(c1)Cc1cc(-c3cccc4c3sc3ccccc34)ccc1-2. The number of benzene rings is 4. The van der Waals surface area contributed by atoms with Crippen molar-refractivity contribution < 1.29 is 0 Å². The molecule has 26 heavy (non-hydrogen) atoms. The van der Waals surface area contributed by atoms with Crippen LogP contribution in [0.15, 0.2) is 84.9 Å². The Morgan fingerprint density at radius 3 is 2.35 bits per heavy atom. The van der Waals surface area contributed by atoms with Crippen LogP contribution in [0.3, 0.4) is 0 Å². The summed E-state index contributed by atoms with van der Waals surface area (Å²) in [5.74, 6) is 0. The summed E-state index contributed by atoms with van der Waals surface area (Å²) >= 11 is 1.90. The quantitative estimate of drug-likeness (QED) is 0.292. The van der Waals surface area contributed by atoms with Crippen LogP contribution >= 0.6 is 11.3 Å². The first-order valence-electron chi connectivity index (χ1n) is 9.00. The van der Waals surface area contributed by atoms with Gasteiger partial charge >= 0.3 is 0 Å². The Morgan fingerprint density at radius 1 is 0.577 bits per heavy atom. The van der Waals surface area contributed by atoms with Gasteiger partial charge in [0.05, 0.1) is 0 Å². The minimum absolute atomic E-state index is 1.04. The maximum absolute atomic E-state index is 2.40. The summed E-state index contributed by atoms with van der Waals surface area (Å²) in [4.78, 5) is 0. The lowest BCUT2D eigenvalue weighted by molar-refractivity contribution is 1.26. The Labute approximate surface area is 156 Å². The van der Waals surface area contributed by atoms with Gasteiger partial charge in [0.2, 0.25) is 0 Å². The van der Waals surface area contributed by atoms with Crippen LogP contribution < -0.4 is 0 Å². The van der Waals surface area contributed by atoms with E-state index in [2.05, 4.69) is 84.9 Å². The molecule has 1 aromatic heterocycles. The summed E-state index contributed by atoms with van der Waals surface area (Å²) in [7, 11) is 0. The molecule has 0 saturated carbocycles. The van der Waals surface area contributed by atoms with Crippen molar-refractivity contribution >= 4 is 31.5 Å². The second-order valence-electron chi connectivity index (χ2n) is 6.99. The molecule has 0 N–H and O–H groups in total. The van der Waals surface area contributed by atoms with Crippen molar-refractivity contribution in [1.82, 2.24) is 0 Å². The van der Waals surface area contributed by atoms with E-state index in [1.54, 1.807) is 0 Å². The molecule has 0 bridgehead atoms. The summed E-state index contributed by atoms with van der Waals surface area (Å²) in [6, 6.07) is 31.2. The van der Waals surface area contributed by atoms with Gasteiger partial charge in [0.15, 0.2) is 0 Å². The van der Waals surface area contributed by atoms with E-state index in [9.17, 15) is 0 Å². The van der Waals surface area contributed by atoms with Gasteiger partial charge in [-0.2, -0.15) is 0 Å². The van der Waals surface area contributed by atoms with E-state index in [1.807, 2.05) is 11.3 Å². The van der Waals surface area contributed by atoms with Gasteiger partial charge < -0.3 is 0 Å². The molecule has 1 heterocycles. The number of fused-ring (bicyclic) bond motifs is 6. The molecule has 0 aliphatic heterocycles. The third kappa shape index (κ3) is 1.95. The van der Waals surface area contributed by atoms with Crippen molar-refractivity contribution in [2.75, 3.05) is 0 Å². The van der Waals surface area contributed by atoms with E-state index in [0.29, 0.717) is 0 Å². The smallest absolute Gasteiger partial charge is 0.0433 e. The van der Waals surface area contributed by atoms with Crippen molar-refractivity contribution in [3.05, 3.63) is 96.1 Å². The highest BCUT2D eigenvalue weighted by atomic mass is 32.1. The van der Waals surface area contributed by atoms with Crippen LogP contribution in [0.5, 0.6) is 0 Å². The molecule has 0 radical (unpaired) electrons. The molecule has 0 saturated heterocycles. The molecule has 0 fully saturated rings. The van der Waals surface area contributed by atoms with Crippen molar-refractivity contribution in [2.45, 2.75) is 6.42 Å². The van der Waals surface area contributed by atoms with E-state index in [0.717, 1.165) is 6.42 Å². The summed E-state index contributed by atoms with van der Waals surface area (Å²) < 4.78 is 2.76. The topological polar surface area (TPSA) is 0 Å². The normalized spacial score (nSPS) is 12.5. The average Bonchev–Trinajstić information content (AvgIpc) is 3.25. The van der Waals surface area contributed by atoms with Crippen molar-refractivity contribution in [1.29, 1.82) is 0 Å². The van der Waals surface area contributed by atoms with Gasteiger partial charge in [-0.3, -0.25) is 0 Å². The highest BCUT2D eigenvalue weighted by molar-refractivity contribution is 7.26. The molecule has 1 heteroatoms. The molecule has 0 spiro atoms. The molecule has 1 aliphatic rings. The van der Waals surface area contributed by atoms with E-state index in [1.165, 1.54) is 53.6 Å². The molecular formula is C25H16S. The molecule has 0 amide bonds. The fourth-order valence-corrected chi connectivity index (χ4v) is 5.53. The molecule has 6 rings (SSSR count). The largest absolute Gasteiger partial charge is 0.135 e. The van der Waals surface area contributed by atoms with Crippen molar-refractivity contribution in [2.24, 2.45) is 0 Å². The van der Waals surface area contributed by atoms with Gasteiger partial charge in [-0.1, -0.05) is 78.9 Å². The van der Waals surface area contributed by atoms with E-state index in [4.69, 9.17) is 0 Å². The van der Waals surface area contributed by atoms with Gasteiger partial charge in [-0.05, 0) is 45.9 Å². The third-order valence-electron chi connectivity index (χ3n) is 5.51. The summed E-state index contributed by atoms with van der Waals surface area (Å²) in [6.07, 6.45) is 1.04. The van der Waals surface area contributed by atoms with Gasteiger partial charge in [0.1, 0.15) is 0 Å². The fraction of sp³-hybridized carbons (Fsp3) is 0.0400. The minimum Gasteiger partial charge on any atom is -0.135 e. The monoisotopic (exact) mass is 348 g/mol. The third-order valence-corrected chi connectivity index (χ3v) is 6.73. The fourth-order valence-electron chi connectivity index (χ4n) is 4.29. The van der Waals surface area contributed by atoms with Crippen LogP contribution in [0.4, 0.5) is 0 Å². The molecule has 122 valence electrons. The molecule has 0 unspecified atom stereocenters. The van der Waals surface area contributed by atoms with Gasteiger partial charge in [-0.15, -0.1) is 11.3 Å². The number of rotatable bonds is 1. The summed E-state index contributed by atoms with van der Waals surface area (Å²) in [5.41, 5.74) is 8.36. The zero-order chi connectivity index (χ0) is 17.1. The average molecular weight is 348 g/mol. The number of thiophene rings is 1. The van der Waals surface area contributed by atoms with Crippen LogP contribution in [0, 0.1) is 0 Å². The Balaban J connectivity index is 1.57. The van der Waals surface area contributed by atoms with E-state index >= 15 is 0 Å². The molecule has 5 aromatic rings. The Kier molecular flexibility index (Phi) is 2.91. The number of hydrogen-bond donors (Lipinski definition) is 0. The highest BCUT2D eigenvalue weighted by Crippen LogP contribution is 2.42. The van der Waals surface area contributed by atoms with E-state index in [-0.39, 0.29) is 0 Å². The first-order valence-corrected chi connectivity index (χ1v) is 9.82. The molecule has 1 aliphatic carbocycles. The zero-order valence-corrected chi connectivity index (χ0v) is 15.0. The second kappa shape index (κ2) is 5.30.